The van der Waals surface area contributed by atoms with Crippen LogP contribution in [-0.2, 0) is 32.0 Å². The third kappa shape index (κ3) is 32.3. The monoisotopic (exact) mass is 1550 g/mol. The van der Waals surface area contributed by atoms with Gasteiger partial charge in [-0.1, -0.05) is 96.9 Å². The lowest BCUT2D eigenvalue weighted by molar-refractivity contribution is -0.384. The number of aromatic nitrogens is 2. The molecule has 0 spiro atoms. The zero-order valence-electron chi connectivity index (χ0n) is 55.6. The van der Waals surface area contributed by atoms with Crippen molar-refractivity contribution in [1.29, 1.82) is 0 Å². The molecule has 7 rings (SSSR count). The first kappa shape index (κ1) is 92.2. The lowest BCUT2D eigenvalue weighted by atomic mass is 10.1. The molecule has 2 heterocycles. The molecule has 0 radical (unpaired) electrons. The summed E-state index contributed by atoms with van der Waals surface area (Å²) >= 11 is 11.7. The number of hydrogen-bond acceptors (Lipinski definition) is 18. The number of urea groups is 1. The zero-order chi connectivity index (χ0) is 74.0. The predicted molar refractivity (Wildman–Crippen MR) is 381 cm³/mol. The number of carbonyl (C=O) groups is 6. The normalized spacial score (nSPS) is 11.2. The third-order valence-corrected chi connectivity index (χ3v) is 13.8. The van der Waals surface area contributed by atoms with Crippen LogP contribution in [-0.4, -0.2) is 156 Å². The van der Waals surface area contributed by atoms with E-state index in [-0.39, 0.29) is 113 Å². The molecule has 5 N–H and O–H groups in total. The van der Waals surface area contributed by atoms with Gasteiger partial charge in [0.25, 0.3) is 18.5 Å². The van der Waals surface area contributed by atoms with Crippen LogP contribution in [0.1, 0.15) is 67.5 Å². The van der Waals surface area contributed by atoms with Crippen molar-refractivity contribution in [2.24, 2.45) is 0 Å². The minimum absolute atomic E-state index is 0. The molecule has 2 atom stereocenters. The Hall–Kier alpha value is -9.78. The number of halogens is 10. The van der Waals surface area contributed by atoms with Gasteiger partial charge in [-0.15, -0.1) is 0 Å². The van der Waals surface area contributed by atoms with Crippen LogP contribution < -0.4 is 31.3 Å². The highest BCUT2D eigenvalue weighted by molar-refractivity contribution is 7.59. The number of hydrogen-bond donors (Lipinski definition) is 5. The number of anilines is 2. The molecule has 7 amide bonds. The molecule has 0 bridgehead atoms. The summed E-state index contributed by atoms with van der Waals surface area (Å²) in [6.07, 6.45) is -10.2. The maximum absolute atomic E-state index is 13.6. The molecule has 0 aliphatic carbocycles. The number of benzene rings is 5. The van der Waals surface area contributed by atoms with Crippen LogP contribution >= 0.6 is 50.2 Å². The number of alkyl halides is 4. The van der Waals surface area contributed by atoms with Crippen molar-refractivity contribution in [1.82, 2.24) is 41.0 Å². The molecule has 0 unspecified atom stereocenters. The molecule has 0 saturated carbocycles. The largest absolute Gasteiger partial charge is 0.447 e. The molecule has 5 aromatic carbocycles. The Morgan fingerprint density at radius 3 is 1.47 bits per heavy atom. The topological polar surface area (TPSA) is 314 Å². The van der Waals surface area contributed by atoms with Crippen molar-refractivity contribution in [3.63, 3.8) is 0 Å². The van der Waals surface area contributed by atoms with Gasteiger partial charge in [-0.2, -0.15) is 27.0 Å². The van der Waals surface area contributed by atoms with Gasteiger partial charge in [0, 0.05) is 75.7 Å². The van der Waals surface area contributed by atoms with Crippen LogP contribution in [0.3, 0.4) is 0 Å². The second kappa shape index (κ2) is 44.0. The van der Waals surface area contributed by atoms with Crippen LogP contribution in [0, 0.1) is 33.4 Å². The zero-order valence-corrected chi connectivity index (χ0v) is 59.1. The smallest absolute Gasteiger partial charge is 0.414 e. The van der Waals surface area contributed by atoms with E-state index in [4.69, 9.17) is 55.9 Å². The summed E-state index contributed by atoms with van der Waals surface area (Å²) in [5.41, 5.74) is 0.122. The molecule has 104 heavy (non-hydrogen) atoms. The van der Waals surface area contributed by atoms with E-state index in [1.165, 1.54) is 117 Å². The SMILES string of the molecule is C.C.CN(C(=O)NCc1cccc(F)c1Cl)[C@@H](CNCC(F)F)COC(=O)Nc1cc(-c2cccc(F)c2)no1.CN(C(=O)OC(C)(C)C)[C@H](COC(=O)Nc1cc(-c2cccc(F)c2)no1)CN(CC(F)F)C(=O)OC(C)(C)C.O=C(NCc1cccc(F)c1Cl)Oc1ccc([N+](=O)[O-])cc1.S.S. The van der Waals surface area contributed by atoms with Gasteiger partial charge < -0.3 is 63.4 Å². The van der Waals surface area contributed by atoms with E-state index in [9.17, 15) is 74.0 Å². The molecule has 38 heteroatoms. The van der Waals surface area contributed by atoms with Crippen molar-refractivity contribution >= 4 is 104 Å². The van der Waals surface area contributed by atoms with E-state index in [1.54, 1.807) is 59.7 Å². The van der Waals surface area contributed by atoms with E-state index in [0.29, 0.717) is 22.3 Å². The van der Waals surface area contributed by atoms with E-state index in [0.717, 1.165) is 14.7 Å². The van der Waals surface area contributed by atoms with Crippen LogP contribution in [0.5, 0.6) is 5.75 Å². The highest BCUT2D eigenvalue weighted by Crippen LogP contribution is 2.26. The lowest BCUT2D eigenvalue weighted by Gasteiger charge is -2.34. The van der Waals surface area contributed by atoms with E-state index < -0.39 is 127 Å². The molecule has 7 aromatic rings. The maximum Gasteiger partial charge on any atom is 0.414 e. The summed E-state index contributed by atoms with van der Waals surface area (Å²) in [4.78, 5) is 87.2. The average molecular weight is 1560 g/mol. The number of ether oxygens (including phenoxy) is 5. The van der Waals surface area contributed by atoms with Gasteiger partial charge in [0.05, 0.1) is 40.1 Å². The first-order valence-electron chi connectivity index (χ1n) is 29.6. The molecule has 572 valence electrons. The average Bonchev–Trinajstić information content (AvgIpc) is 1.70. The second-order valence-electron chi connectivity index (χ2n) is 23.0. The summed E-state index contributed by atoms with van der Waals surface area (Å²) in [5, 5.41) is 29.9. The molecule has 0 aliphatic heterocycles. The van der Waals surface area contributed by atoms with Crippen LogP contribution in [0.2, 0.25) is 10.0 Å². The molecule has 0 fully saturated rings. The van der Waals surface area contributed by atoms with E-state index in [2.05, 4.69) is 36.9 Å². The Bertz CT molecular complexity index is 3900. The quantitative estimate of drug-likeness (QED) is 0.0162. The summed E-state index contributed by atoms with van der Waals surface area (Å²) in [6.45, 7) is 6.41. The van der Waals surface area contributed by atoms with Crippen LogP contribution in [0.25, 0.3) is 22.5 Å². The molecular formula is C66H81Cl2F8N11O15S2. The molecule has 0 saturated heterocycles. The van der Waals surface area contributed by atoms with Gasteiger partial charge in [-0.05, 0) is 101 Å². The van der Waals surface area contributed by atoms with Gasteiger partial charge in [0.15, 0.2) is 0 Å². The fourth-order valence-corrected chi connectivity index (χ4v) is 8.42. The standard InChI is InChI=1S/C26H35F3N4O7.C24H24ClF4N5O4.C14H10ClFN2O4.2CH4.2H2S/c1-25(2,3)38-23(35)32(7)18(13-33(14-20(28)29)24(36)39-26(4,5)6)15-37-22(34)30-21-12-19(31-40-21)16-9-8-10-17(27)11-16;1-34(23(35)31-10-15-5-3-7-18(27)22(15)25)17(11-30-12-20(28)29)13-37-24(36)32-21-9-19(33-38-21)14-4-2-6-16(26)8-14;15-13-9(2-1-3-12(13)16)8-17-14(19)22-11-6-4-10(5-7-11)18(20)21;;;;/h8-12,18,20H,13-15H2,1-7H3,(H,30,34);2-9,17,20,30H,10-13H2,1H3,(H,31,35)(H,32,36);1-7H,8H2,(H,17,19);2*1H4;2*1H2/t18-;17-;;;;;/m00...../s1. The second-order valence-corrected chi connectivity index (χ2v) is 23.8. The number of carbonyl (C=O) groups excluding carboxylic acids is 6. The van der Waals surface area contributed by atoms with Crippen molar-refractivity contribution in [2.45, 2.75) is 106 Å². The molecular weight excluding hydrogens is 1470 g/mol. The number of non-ortho nitro benzene ring substituents is 1. The predicted octanol–water partition coefficient (Wildman–Crippen LogP) is 15.8. The summed E-state index contributed by atoms with van der Waals surface area (Å²) < 4.78 is 142. The number of nitro benzene ring substituents is 1. The maximum atomic E-state index is 13.6. The minimum atomic E-state index is -2.90. The van der Waals surface area contributed by atoms with E-state index >= 15 is 0 Å². The van der Waals surface area contributed by atoms with Gasteiger partial charge in [-0.25, -0.2) is 63.9 Å². The highest BCUT2D eigenvalue weighted by Gasteiger charge is 2.33. The number of amides is 7. The highest BCUT2D eigenvalue weighted by atomic mass is 35.5. The minimum Gasteiger partial charge on any atom is -0.447 e. The van der Waals surface area contributed by atoms with Crippen molar-refractivity contribution < 1.29 is 102 Å². The Morgan fingerprint density at radius 1 is 0.577 bits per heavy atom. The van der Waals surface area contributed by atoms with Crippen molar-refractivity contribution in [2.75, 3.05) is 64.1 Å². The lowest BCUT2D eigenvalue weighted by Crippen LogP contribution is -2.52. The number of rotatable bonds is 24. The Labute approximate surface area is 617 Å². The summed E-state index contributed by atoms with van der Waals surface area (Å²) in [6, 6.07) is 24.7. The first-order valence-corrected chi connectivity index (χ1v) is 30.4. The summed E-state index contributed by atoms with van der Waals surface area (Å²) in [5.74, 6) is -2.23. The first-order chi connectivity index (χ1) is 47.0. The van der Waals surface area contributed by atoms with Crippen molar-refractivity contribution in [3.8, 4) is 28.3 Å². The number of nitrogens with one attached hydrogen (secondary N) is 5. The van der Waals surface area contributed by atoms with Crippen LogP contribution in [0.4, 0.5) is 81.3 Å². The molecule has 26 nitrogen and oxygen atoms in total. The molecule has 0 aliphatic rings. The number of nitro groups is 1. The number of nitrogens with zero attached hydrogens (tertiary/aromatic N) is 6. The Morgan fingerprint density at radius 2 is 1.03 bits per heavy atom. The fraction of sp³-hybridized carbons (Fsp3) is 0.364. The van der Waals surface area contributed by atoms with Crippen LogP contribution in [0.15, 0.2) is 130 Å². The molecule has 2 aromatic heterocycles. The van der Waals surface area contributed by atoms with Crippen molar-refractivity contribution in [3.05, 3.63) is 176 Å². The van der Waals surface area contributed by atoms with Gasteiger partial charge in [0.1, 0.15) is 64.8 Å². The van der Waals surface area contributed by atoms with Gasteiger partial charge >= 0.3 is 36.5 Å². The van der Waals surface area contributed by atoms with E-state index in [1.807, 2.05) is 0 Å². The number of likely N-dealkylation sites (N-methyl/N-ethyl adjacent to an activating group) is 2. The Balaban J connectivity index is 0.000000794. The van der Waals surface area contributed by atoms with Gasteiger partial charge in [-0.3, -0.25) is 20.7 Å². The summed E-state index contributed by atoms with van der Waals surface area (Å²) in [7, 11) is 2.69. The van der Waals surface area contributed by atoms with Gasteiger partial charge in [0.2, 0.25) is 11.8 Å². The Kier molecular flexibility index (Phi) is 39.0. The third-order valence-electron chi connectivity index (χ3n) is 12.9. The fourth-order valence-electron chi connectivity index (χ4n) is 8.04.